The van der Waals surface area contributed by atoms with E-state index in [1.807, 2.05) is 0 Å². The number of carbonyl (C=O) groups excluding carboxylic acids is 1. The molecule has 1 heterocycles. The molecule has 130 valence electrons. The van der Waals surface area contributed by atoms with E-state index in [2.05, 4.69) is 10.4 Å². The molecule has 1 aromatic heterocycles. The molecule has 1 atom stereocenters. The van der Waals surface area contributed by atoms with E-state index in [9.17, 15) is 18.0 Å². The van der Waals surface area contributed by atoms with Crippen molar-refractivity contribution in [1.82, 2.24) is 9.78 Å². The summed E-state index contributed by atoms with van der Waals surface area (Å²) in [6, 6.07) is 5.52. The Kier molecular flexibility index (Phi) is 5.45. The summed E-state index contributed by atoms with van der Waals surface area (Å²) >= 11 is 11.7. The third-order valence-corrected chi connectivity index (χ3v) is 3.73. The molecule has 0 bridgehead atoms. The predicted octanol–water partition coefficient (Wildman–Crippen LogP) is 4.79. The molecule has 0 spiro atoms. The number of hydrogen-bond acceptors (Lipinski definition) is 2. The van der Waals surface area contributed by atoms with E-state index in [0.717, 1.165) is 10.7 Å². The second-order valence-corrected chi connectivity index (χ2v) is 6.27. The number of carbonyl (C=O) groups is 1. The fraction of sp³-hybridized carbons (Fsp3) is 0.333. The number of hydrogen-bond donors (Lipinski definition) is 1. The largest absolute Gasteiger partial charge is 0.435 e. The predicted molar refractivity (Wildman–Crippen MR) is 86.2 cm³/mol. The summed E-state index contributed by atoms with van der Waals surface area (Å²) in [4.78, 5) is 12.2. The molecule has 1 aromatic carbocycles. The van der Waals surface area contributed by atoms with Crippen molar-refractivity contribution in [3.63, 3.8) is 0 Å². The Bertz CT molecular complexity index is 739. The standard InChI is InChI=1S/C15H14Cl2F3N3O/c1-8(7-23-9(2)3-13(22-23)15(18,19)20)14(24)21-12-5-10(16)4-11(17)6-12/h3-6,8H,7H2,1-2H3,(H,21,24)/t8-/m0/s1. The van der Waals surface area contributed by atoms with Crippen molar-refractivity contribution in [2.45, 2.75) is 26.6 Å². The van der Waals surface area contributed by atoms with Gasteiger partial charge in [-0.05, 0) is 31.2 Å². The van der Waals surface area contributed by atoms with Crippen molar-refractivity contribution in [2.75, 3.05) is 5.32 Å². The second-order valence-electron chi connectivity index (χ2n) is 5.40. The Morgan fingerprint density at radius 1 is 1.25 bits per heavy atom. The first-order valence-corrected chi connectivity index (χ1v) is 7.70. The lowest BCUT2D eigenvalue weighted by Crippen LogP contribution is -2.25. The molecule has 0 fully saturated rings. The Balaban J connectivity index is 2.08. The van der Waals surface area contributed by atoms with Gasteiger partial charge in [0.15, 0.2) is 5.69 Å². The van der Waals surface area contributed by atoms with Crippen LogP contribution in [0.4, 0.5) is 18.9 Å². The quantitative estimate of drug-likeness (QED) is 0.829. The zero-order valence-electron chi connectivity index (χ0n) is 12.8. The van der Waals surface area contributed by atoms with Gasteiger partial charge in [0.1, 0.15) is 0 Å². The van der Waals surface area contributed by atoms with Crippen LogP contribution in [0, 0.1) is 12.8 Å². The summed E-state index contributed by atoms with van der Waals surface area (Å²) in [5.74, 6) is -0.987. The van der Waals surface area contributed by atoms with E-state index in [1.54, 1.807) is 6.92 Å². The molecular weight excluding hydrogens is 366 g/mol. The van der Waals surface area contributed by atoms with Gasteiger partial charge in [-0.2, -0.15) is 18.3 Å². The Morgan fingerprint density at radius 3 is 2.33 bits per heavy atom. The van der Waals surface area contributed by atoms with Crippen LogP contribution in [0.5, 0.6) is 0 Å². The fourth-order valence-electron chi connectivity index (χ4n) is 2.07. The number of anilines is 1. The molecule has 1 amide bonds. The SMILES string of the molecule is Cc1cc(C(F)(F)F)nn1C[C@H](C)C(=O)Nc1cc(Cl)cc(Cl)c1. The highest BCUT2D eigenvalue weighted by atomic mass is 35.5. The molecule has 2 aromatic rings. The van der Waals surface area contributed by atoms with Gasteiger partial charge in [0.2, 0.25) is 5.91 Å². The maximum Gasteiger partial charge on any atom is 0.435 e. The van der Waals surface area contributed by atoms with Crippen molar-refractivity contribution in [2.24, 2.45) is 5.92 Å². The van der Waals surface area contributed by atoms with Gasteiger partial charge >= 0.3 is 6.18 Å². The number of alkyl halides is 3. The zero-order chi connectivity index (χ0) is 18.1. The normalized spacial score (nSPS) is 13.0. The second kappa shape index (κ2) is 7.03. The lowest BCUT2D eigenvalue weighted by atomic mass is 10.1. The van der Waals surface area contributed by atoms with E-state index in [4.69, 9.17) is 23.2 Å². The average molecular weight is 380 g/mol. The smallest absolute Gasteiger partial charge is 0.326 e. The molecular formula is C15H14Cl2F3N3O. The fourth-order valence-corrected chi connectivity index (χ4v) is 2.59. The van der Waals surface area contributed by atoms with Crippen LogP contribution >= 0.6 is 23.2 Å². The molecule has 0 radical (unpaired) electrons. The third-order valence-electron chi connectivity index (χ3n) is 3.30. The molecule has 4 nitrogen and oxygen atoms in total. The molecule has 0 aliphatic carbocycles. The maximum absolute atomic E-state index is 12.7. The van der Waals surface area contributed by atoms with Crippen LogP contribution in [0.3, 0.4) is 0 Å². The number of benzene rings is 1. The lowest BCUT2D eigenvalue weighted by Gasteiger charge is -2.14. The number of halogens is 5. The van der Waals surface area contributed by atoms with Crippen LogP contribution < -0.4 is 5.32 Å². The summed E-state index contributed by atoms with van der Waals surface area (Å²) in [6.45, 7) is 3.11. The number of amides is 1. The van der Waals surface area contributed by atoms with E-state index < -0.39 is 17.8 Å². The van der Waals surface area contributed by atoms with Crippen molar-refractivity contribution in [3.8, 4) is 0 Å². The molecule has 0 aliphatic rings. The summed E-state index contributed by atoms with van der Waals surface area (Å²) in [6.07, 6.45) is -4.51. The average Bonchev–Trinajstić information content (AvgIpc) is 2.79. The van der Waals surface area contributed by atoms with Crippen molar-refractivity contribution < 1.29 is 18.0 Å². The van der Waals surface area contributed by atoms with Gasteiger partial charge in [-0.1, -0.05) is 30.1 Å². The first-order chi connectivity index (χ1) is 11.1. The van der Waals surface area contributed by atoms with Crippen LogP contribution in [0.1, 0.15) is 18.3 Å². The summed E-state index contributed by atoms with van der Waals surface area (Å²) < 4.78 is 39.1. The highest BCUT2D eigenvalue weighted by Gasteiger charge is 2.34. The van der Waals surface area contributed by atoms with Gasteiger partial charge in [0, 0.05) is 21.4 Å². The van der Waals surface area contributed by atoms with Crippen LogP contribution in [0.2, 0.25) is 10.0 Å². The molecule has 0 aliphatic heterocycles. The Labute approximate surface area is 146 Å². The van der Waals surface area contributed by atoms with Crippen molar-refractivity contribution >= 4 is 34.8 Å². The first kappa shape index (κ1) is 18.6. The van der Waals surface area contributed by atoms with Gasteiger partial charge in [-0.15, -0.1) is 0 Å². The topological polar surface area (TPSA) is 46.9 Å². The van der Waals surface area contributed by atoms with E-state index in [-0.39, 0.29) is 12.5 Å². The molecule has 0 saturated carbocycles. The highest BCUT2D eigenvalue weighted by Crippen LogP contribution is 2.28. The summed E-state index contributed by atoms with van der Waals surface area (Å²) in [5, 5.41) is 6.87. The molecule has 1 N–H and O–H groups in total. The van der Waals surface area contributed by atoms with Crippen LogP contribution in [0.25, 0.3) is 0 Å². The molecule has 24 heavy (non-hydrogen) atoms. The van der Waals surface area contributed by atoms with E-state index in [1.165, 1.54) is 25.1 Å². The highest BCUT2D eigenvalue weighted by molar-refractivity contribution is 6.35. The van der Waals surface area contributed by atoms with Crippen LogP contribution in [-0.4, -0.2) is 15.7 Å². The minimum absolute atomic E-state index is 0.0159. The van der Waals surface area contributed by atoms with Gasteiger partial charge in [0.05, 0.1) is 12.5 Å². The van der Waals surface area contributed by atoms with E-state index in [0.29, 0.717) is 21.4 Å². The molecule has 0 saturated heterocycles. The maximum atomic E-state index is 12.7. The van der Waals surface area contributed by atoms with Crippen molar-refractivity contribution in [1.29, 1.82) is 0 Å². The molecule has 0 unspecified atom stereocenters. The van der Waals surface area contributed by atoms with Crippen LogP contribution in [-0.2, 0) is 17.5 Å². The minimum Gasteiger partial charge on any atom is -0.326 e. The monoisotopic (exact) mass is 379 g/mol. The Hall–Kier alpha value is -1.73. The van der Waals surface area contributed by atoms with Crippen molar-refractivity contribution in [3.05, 3.63) is 45.7 Å². The molecule has 9 heteroatoms. The Morgan fingerprint density at radius 2 is 1.83 bits per heavy atom. The van der Waals surface area contributed by atoms with Crippen LogP contribution in [0.15, 0.2) is 24.3 Å². The third kappa shape index (κ3) is 4.64. The lowest BCUT2D eigenvalue weighted by molar-refractivity contribution is -0.141. The summed E-state index contributed by atoms with van der Waals surface area (Å²) in [7, 11) is 0. The van der Waals surface area contributed by atoms with Gasteiger partial charge < -0.3 is 5.32 Å². The van der Waals surface area contributed by atoms with Gasteiger partial charge in [-0.3, -0.25) is 9.48 Å². The molecule has 2 rings (SSSR count). The summed E-state index contributed by atoms with van der Waals surface area (Å²) in [5.41, 5.74) is -0.237. The number of nitrogens with one attached hydrogen (secondary N) is 1. The van der Waals surface area contributed by atoms with E-state index >= 15 is 0 Å². The van der Waals surface area contributed by atoms with Gasteiger partial charge in [0.25, 0.3) is 0 Å². The number of rotatable bonds is 4. The number of aryl methyl sites for hydroxylation is 1. The first-order valence-electron chi connectivity index (χ1n) is 6.95. The number of nitrogens with zero attached hydrogens (tertiary/aromatic N) is 2. The minimum atomic E-state index is -4.51. The zero-order valence-corrected chi connectivity index (χ0v) is 14.3. The number of aromatic nitrogens is 2. The van der Waals surface area contributed by atoms with Gasteiger partial charge in [-0.25, -0.2) is 0 Å².